The van der Waals surface area contributed by atoms with Gasteiger partial charge in [-0.1, -0.05) is 16.8 Å². The van der Waals surface area contributed by atoms with Gasteiger partial charge in [0.15, 0.2) is 0 Å². The fraction of sp³-hybridized carbons (Fsp3) is 0.500. The first-order valence-corrected chi connectivity index (χ1v) is 8.26. The molecule has 1 N–H and O–H groups in total. The molecule has 1 aliphatic heterocycles. The summed E-state index contributed by atoms with van der Waals surface area (Å²) in [5.41, 5.74) is 0.901. The van der Waals surface area contributed by atoms with Crippen molar-refractivity contribution in [2.24, 2.45) is 0 Å². The van der Waals surface area contributed by atoms with Crippen LogP contribution in [0, 0.1) is 0 Å². The Morgan fingerprint density at radius 3 is 2.48 bits per heavy atom. The lowest BCUT2D eigenvalue weighted by Crippen LogP contribution is -2.46. The Morgan fingerprint density at radius 2 is 1.78 bits per heavy atom. The molecule has 1 aromatic carbocycles. The number of rotatable bonds is 6. The van der Waals surface area contributed by atoms with Gasteiger partial charge in [0.2, 0.25) is 11.7 Å². The van der Waals surface area contributed by atoms with E-state index in [0.717, 1.165) is 44.7 Å². The first-order valence-electron chi connectivity index (χ1n) is 7.89. The van der Waals surface area contributed by atoms with Crippen molar-refractivity contribution >= 4 is 11.6 Å². The summed E-state index contributed by atoms with van der Waals surface area (Å²) < 4.78 is 5.36. The maximum Gasteiger partial charge on any atom is 0.241 e. The minimum Gasteiger partial charge on any atom is -0.396 e. The zero-order valence-corrected chi connectivity index (χ0v) is 13.7. The van der Waals surface area contributed by atoms with Gasteiger partial charge >= 0.3 is 0 Å². The van der Waals surface area contributed by atoms with E-state index in [2.05, 4.69) is 19.9 Å². The molecule has 0 unspecified atom stereocenters. The highest BCUT2D eigenvalue weighted by molar-refractivity contribution is 6.30. The Hall–Kier alpha value is -1.47. The van der Waals surface area contributed by atoms with Crippen molar-refractivity contribution in [3.8, 4) is 11.4 Å². The van der Waals surface area contributed by atoms with E-state index in [1.165, 1.54) is 0 Å². The third-order valence-electron chi connectivity index (χ3n) is 4.03. The summed E-state index contributed by atoms with van der Waals surface area (Å²) in [6, 6.07) is 7.41. The van der Waals surface area contributed by atoms with E-state index >= 15 is 0 Å². The van der Waals surface area contributed by atoms with Gasteiger partial charge in [0.1, 0.15) is 0 Å². The van der Waals surface area contributed by atoms with Crippen LogP contribution < -0.4 is 0 Å². The molecule has 7 heteroatoms. The van der Waals surface area contributed by atoms with Crippen LogP contribution in [0.4, 0.5) is 0 Å². The van der Waals surface area contributed by atoms with Crippen LogP contribution in [0.25, 0.3) is 11.4 Å². The van der Waals surface area contributed by atoms with Crippen molar-refractivity contribution in [3.63, 3.8) is 0 Å². The van der Waals surface area contributed by atoms with Gasteiger partial charge in [0.05, 0.1) is 6.54 Å². The molecule has 1 fully saturated rings. The van der Waals surface area contributed by atoms with Gasteiger partial charge in [-0.2, -0.15) is 4.98 Å². The number of hydrogen-bond donors (Lipinski definition) is 1. The molecule has 0 aliphatic carbocycles. The van der Waals surface area contributed by atoms with Crippen LogP contribution in [0.3, 0.4) is 0 Å². The van der Waals surface area contributed by atoms with Crippen molar-refractivity contribution in [3.05, 3.63) is 35.2 Å². The van der Waals surface area contributed by atoms with Crippen LogP contribution >= 0.6 is 11.6 Å². The first kappa shape index (κ1) is 16.4. The van der Waals surface area contributed by atoms with Gasteiger partial charge in [-0.05, 0) is 30.7 Å². The maximum absolute atomic E-state index is 8.88. The lowest BCUT2D eigenvalue weighted by molar-refractivity contribution is 0.111. The maximum atomic E-state index is 8.88. The van der Waals surface area contributed by atoms with Crippen LogP contribution in [0.1, 0.15) is 12.3 Å². The van der Waals surface area contributed by atoms with Gasteiger partial charge in [-0.3, -0.25) is 4.90 Å². The second-order valence-electron chi connectivity index (χ2n) is 5.71. The zero-order valence-electron chi connectivity index (χ0n) is 13.0. The van der Waals surface area contributed by atoms with Crippen molar-refractivity contribution in [1.29, 1.82) is 0 Å². The van der Waals surface area contributed by atoms with Gasteiger partial charge in [0.25, 0.3) is 0 Å². The molecule has 0 atom stereocenters. The Labute approximate surface area is 140 Å². The highest BCUT2D eigenvalue weighted by Crippen LogP contribution is 2.19. The molecule has 23 heavy (non-hydrogen) atoms. The van der Waals surface area contributed by atoms with Crippen LogP contribution in [0.15, 0.2) is 28.8 Å². The number of hydrogen-bond acceptors (Lipinski definition) is 6. The van der Waals surface area contributed by atoms with E-state index in [1.807, 2.05) is 24.3 Å². The van der Waals surface area contributed by atoms with Crippen molar-refractivity contribution in [2.75, 3.05) is 39.3 Å². The van der Waals surface area contributed by atoms with Gasteiger partial charge < -0.3 is 14.5 Å². The summed E-state index contributed by atoms with van der Waals surface area (Å²) in [4.78, 5) is 9.15. The molecular weight excluding hydrogens is 316 g/mol. The monoisotopic (exact) mass is 336 g/mol. The lowest BCUT2D eigenvalue weighted by atomic mass is 10.2. The number of aliphatic hydroxyl groups is 1. The van der Waals surface area contributed by atoms with E-state index in [9.17, 15) is 0 Å². The van der Waals surface area contributed by atoms with Crippen molar-refractivity contribution in [1.82, 2.24) is 19.9 Å². The molecule has 1 aliphatic rings. The summed E-state index contributed by atoms with van der Waals surface area (Å²) in [6.45, 7) is 5.88. The third kappa shape index (κ3) is 4.51. The number of nitrogens with zero attached hydrogens (tertiary/aromatic N) is 4. The predicted molar refractivity (Wildman–Crippen MR) is 88.2 cm³/mol. The molecular formula is C16H21ClN4O2. The second-order valence-corrected chi connectivity index (χ2v) is 6.15. The topological polar surface area (TPSA) is 65.6 Å². The highest BCUT2D eigenvalue weighted by atomic mass is 35.5. The fourth-order valence-electron chi connectivity index (χ4n) is 2.69. The van der Waals surface area contributed by atoms with Gasteiger partial charge in [-0.15, -0.1) is 0 Å². The predicted octanol–water partition coefficient (Wildman–Crippen LogP) is 1.89. The van der Waals surface area contributed by atoms with Crippen LogP contribution in [0.5, 0.6) is 0 Å². The van der Waals surface area contributed by atoms with Crippen molar-refractivity contribution < 1.29 is 9.63 Å². The quantitative estimate of drug-likeness (QED) is 0.869. The number of aromatic nitrogens is 2. The molecule has 3 rings (SSSR count). The van der Waals surface area contributed by atoms with E-state index in [4.69, 9.17) is 21.2 Å². The summed E-state index contributed by atoms with van der Waals surface area (Å²) in [5, 5.41) is 13.6. The smallest absolute Gasteiger partial charge is 0.241 e. The normalized spacial score (nSPS) is 16.8. The summed E-state index contributed by atoms with van der Waals surface area (Å²) in [7, 11) is 0. The molecule has 2 aromatic rings. The standard InChI is InChI=1S/C16H21ClN4O2/c17-14-4-2-13(3-5-14)16-18-15(23-19-16)12-21-9-7-20(8-10-21)6-1-11-22/h2-5,22H,1,6-12H2. The molecule has 1 saturated heterocycles. The fourth-order valence-corrected chi connectivity index (χ4v) is 2.82. The number of halogens is 1. The minimum atomic E-state index is 0.260. The Balaban J connectivity index is 1.53. The Kier molecular flexibility index (Phi) is 5.61. The molecule has 2 heterocycles. The average Bonchev–Trinajstić information content (AvgIpc) is 3.03. The molecule has 0 spiro atoms. The number of benzene rings is 1. The number of piperazine rings is 1. The van der Waals surface area contributed by atoms with E-state index < -0.39 is 0 Å². The Bertz CT molecular complexity index is 609. The number of aliphatic hydroxyl groups excluding tert-OH is 1. The van der Waals surface area contributed by atoms with Crippen LogP contribution in [-0.4, -0.2) is 64.4 Å². The molecule has 0 radical (unpaired) electrons. The molecule has 0 saturated carbocycles. The molecule has 0 amide bonds. The summed E-state index contributed by atoms with van der Waals surface area (Å²) >= 11 is 5.89. The largest absolute Gasteiger partial charge is 0.396 e. The van der Waals surface area contributed by atoms with Crippen LogP contribution in [-0.2, 0) is 6.54 Å². The molecule has 0 bridgehead atoms. The van der Waals surface area contributed by atoms with E-state index in [1.54, 1.807) is 0 Å². The first-order chi connectivity index (χ1) is 11.2. The Morgan fingerprint density at radius 1 is 1.09 bits per heavy atom. The van der Waals surface area contributed by atoms with Crippen LogP contribution in [0.2, 0.25) is 5.02 Å². The van der Waals surface area contributed by atoms with Crippen molar-refractivity contribution in [2.45, 2.75) is 13.0 Å². The summed E-state index contributed by atoms with van der Waals surface area (Å²) in [6.07, 6.45) is 0.841. The minimum absolute atomic E-state index is 0.260. The molecule has 1 aromatic heterocycles. The average molecular weight is 337 g/mol. The van der Waals surface area contributed by atoms with E-state index in [0.29, 0.717) is 23.3 Å². The zero-order chi connectivity index (χ0) is 16.1. The van der Waals surface area contributed by atoms with E-state index in [-0.39, 0.29) is 6.61 Å². The lowest BCUT2D eigenvalue weighted by Gasteiger charge is -2.33. The molecule has 124 valence electrons. The highest BCUT2D eigenvalue weighted by Gasteiger charge is 2.19. The van der Waals surface area contributed by atoms with Gasteiger partial charge in [-0.25, -0.2) is 0 Å². The molecule has 6 nitrogen and oxygen atoms in total. The summed E-state index contributed by atoms with van der Waals surface area (Å²) in [5.74, 6) is 1.23. The van der Waals surface area contributed by atoms with Gasteiger partial charge in [0, 0.05) is 49.9 Å². The second kappa shape index (κ2) is 7.88. The third-order valence-corrected chi connectivity index (χ3v) is 4.28. The SMILES string of the molecule is OCCCN1CCN(Cc2nc(-c3ccc(Cl)cc3)no2)CC1.